The summed E-state index contributed by atoms with van der Waals surface area (Å²) >= 11 is 0. The van der Waals surface area contributed by atoms with Crippen LogP contribution in [0.4, 0.5) is 0 Å². The fraction of sp³-hybridized carbons (Fsp3) is 0.750. The van der Waals surface area contributed by atoms with Gasteiger partial charge in [-0.15, -0.1) is 0 Å². The summed E-state index contributed by atoms with van der Waals surface area (Å²) in [5.74, 6) is -0.723. The van der Waals surface area contributed by atoms with Crippen molar-refractivity contribution < 1.29 is 9.90 Å². The van der Waals surface area contributed by atoms with E-state index in [1.54, 1.807) is 0 Å². The molecule has 0 spiro atoms. The molecule has 2 unspecified atom stereocenters. The number of hydrogen-bond donors (Lipinski definition) is 2. The monoisotopic (exact) mass is 293 g/mol. The third kappa shape index (κ3) is 3.12. The molecule has 1 saturated carbocycles. The molecule has 0 bridgehead atoms. The summed E-state index contributed by atoms with van der Waals surface area (Å²) in [7, 11) is 0. The molecule has 0 aliphatic heterocycles. The van der Waals surface area contributed by atoms with Crippen LogP contribution in [0.25, 0.3) is 0 Å². The molecule has 0 aromatic carbocycles. The number of aromatic nitrogens is 2. The van der Waals surface area contributed by atoms with Crippen LogP contribution in [0.1, 0.15) is 63.9 Å². The van der Waals surface area contributed by atoms with Crippen molar-refractivity contribution in [1.29, 1.82) is 0 Å². The summed E-state index contributed by atoms with van der Waals surface area (Å²) in [6.07, 6.45) is 4.98. The van der Waals surface area contributed by atoms with Crippen molar-refractivity contribution in [3.63, 3.8) is 0 Å². The van der Waals surface area contributed by atoms with Crippen LogP contribution in [-0.2, 0) is 17.6 Å². The highest BCUT2D eigenvalue weighted by molar-refractivity contribution is 5.79. The quantitative estimate of drug-likeness (QED) is 0.811. The topological polar surface area (TPSA) is 67.2 Å². The Hall–Kier alpha value is -1.36. The molecular formula is C16H27N3O2. The molecule has 5 heteroatoms. The summed E-state index contributed by atoms with van der Waals surface area (Å²) in [4.78, 5) is 11.7. The third-order valence-electron chi connectivity index (χ3n) is 4.55. The number of carboxylic acid groups (broad SMARTS) is 1. The molecule has 1 heterocycles. The van der Waals surface area contributed by atoms with Gasteiger partial charge < -0.3 is 10.4 Å². The first-order chi connectivity index (χ1) is 10.1. The average molecular weight is 293 g/mol. The summed E-state index contributed by atoms with van der Waals surface area (Å²) in [6.45, 7) is 7.04. The van der Waals surface area contributed by atoms with Crippen LogP contribution in [0.5, 0.6) is 0 Å². The zero-order valence-corrected chi connectivity index (χ0v) is 13.4. The van der Waals surface area contributed by atoms with Gasteiger partial charge in [0.1, 0.15) is 5.54 Å². The number of carbonyl (C=O) groups is 1. The Morgan fingerprint density at radius 3 is 2.81 bits per heavy atom. The smallest absolute Gasteiger partial charge is 0.323 e. The second kappa shape index (κ2) is 6.60. The first kappa shape index (κ1) is 16.0. The molecule has 2 atom stereocenters. The molecule has 1 aliphatic rings. The van der Waals surface area contributed by atoms with Gasteiger partial charge in [-0.3, -0.25) is 9.48 Å². The molecule has 1 aromatic heterocycles. The highest BCUT2D eigenvalue weighted by Crippen LogP contribution is 2.38. The molecule has 21 heavy (non-hydrogen) atoms. The minimum absolute atomic E-state index is 0.195. The molecule has 2 rings (SSSR count). The lowest BCUT2D eigenvalue weighted by atomic mass is 9.97. The Labute approximate surface area is 126 Å². The third-order valence-corrected chi connectivity index (χ3v) is 4.55. The first-order valence-electron chi connectivity index (χ1n) is 8.12. The normalized spacial score (nSPS) is 25.4. The van der Waals surface area contributed by atoms with E-state index in [0.29, 0.717) is 12.8 Å². The zero-order valence-electron chi connectivity index (χ0n) is 13.4. The van der Waals surface area contributed by atoms with Crippen molar-refractivity contribution >= 4 is 5.97 Å². The minimum Gasteiger partial charge on any atom is -0.480 e. The van der Waals surface area contributed by atoms with Crippen molar-refractivity contribution in [1.82, 2.24) is 15.1 Å². The predicted molar refractivity (Wildman–Crippen MR) is 82.5 cm³/mol. The Morgan fingerprint density at radius 2 is 2.24 bits per heavy atom. The summed E-state index contributed by atoms with van der Waals surface area (Å²) in [5.41, 5.74) is 1.54. The Kier molecular flexibility index (Phi) is 5.04. The van der Waals surface area contributed by atoms with Crippen LogP contribution in [0.15, 0.2) is 6.07 Å². The Morgan fingerprint density at radius 1 is 1.48 bits per heavy atom. The van der Waals surface area contributed by atoms with Gasteiger partial charge in [-0.05, 0) is 51.1 Å². The summed E-state index contributed by atoms with van der Waals surface area (Å²) < 4.78 is 2.08. The molecule has 118 valence electrons. The molecule has 2 N–H and O–H groups in total. The predicted octanol–water partition coefficient (Wildman–Crippen LogP) is 2.56. The molecule has 1 aliphatic carbocycles. The maximum absolute atomic E-state index is 11.7. The fourth-order valence-corrected chi connectivity index (χ4v) is 3.27. The van der Waals surface area contributed by atoms with Crippen molar-refractivity contribution in [3.8, 4) is 0 Å². The summed E-state index contributed by atoms with van der Waals surface area (Å²) in [6, 6.07) is 2.35. The van der Waals surface area contributed by atoms with E-state index in [1.807, 2.05) is 0 Å². The van der Waals surface area contributed by atoms with Gasteiger partial charge in [0.2, 0.25) is 0 Å². The maximum Gasteiger partial charge on any atom is 0.323 e. The van der Waals surface area contributed by atoms with Crippen LogP contribution in [0.2, 0.25) is 0 Å². The molecular weight excluding hydrogens is 266 g/mol. The molecule has 0 amide bonds. The Balaban J connectivity index is 2.20. The molecule has 0 radical (unpaired) electrons. The molecule has 5 nitrogen and oxygen atoms in total. The van der Waals surface area contributed by atoms with Crippen molar-refractivity contribution in [3.05, 3.63) is 17.5 Å². The lowest BCUT2D eigenvalue weighted by Crippen LogP contribution is -2.50. The lowest BCUT2D eigenvalue weighted by Gasteiger charge is -2.26. The molecule has 1 fully saturated rings. The average Bonchev–Trinajstić information content (AvgIpc) is 3.09. The van der Waals surface area contributed by atoms with Crippen LogP contribution in [0, 0.1) is 0 Å². The first-order valence-corrected chi connectivity index (χ1v) is 8.12. The largest absolute Gasteiger partial charge is 0.480 e. The number of aryl methyl sites for hydroxylation is 2. The lowest BCUT2D eigenvalue weighted by molar-refractivity contribution is -0.144. The van der Waals surface area contributed by atoms with Gasteiger partial charge in [-0.2, -0.15) is 5.10 Å². The number of nitrogens with zero attached hydrogens (tertiary/aromatic N) is 2. The van der Waals surface area contributed by atoms with Crippen LogP contribution in [-0.4, -0.2) is 32.9 Å². The highest BCUT2D eigenvalue weighted by Gasteiger charge is 2.46. The van der Waals surface area contributed by atoms with Crippen molar-refractivity contribution in [2.45, 2.75) is 70.9 Å². The number of aliphatic carboxylic acids is 1. The van der Waals surface area contributed by atoms with E-state index in [1.165, 1.54) is 5.69 Å². The highest BCUT2D eigenvalue weighted by atomic mass is 16.4. The SMILES string of the molecule is CCCNC1(C(=O)O)CCC(n2nc(CC)cc2CC)C1. The van der Waals surface area contributed by atoms with E-state index < -0.39 is 11.5 Å². The van der Waals surface area contributed by atoms with E-state index in [-0.39, 0.29) is 6.04 Å². The number of carboxylic acids is 1. The van der Waals surface area contributed by atoms with E-state index in [0.717, 1.165) is 37.9 Å². The van der Waals surface area contributed by atoms with Gasteiger partial charge in [-0.1, -0.05) is 20.8 Å². The number of nitrogens with one attached hydrogen (secondary N) is 1. The van der Waals surface area contributed by atoms with Gasteiger partial charge in [0, 0.05) is 5.69 Å². The van der Waals surface area contributed by atoms with E-state index in [9.17, 15) is 9.90 Å². The van der Waals surface area contributed by atoms with Gasteiger partial charge in [0.25, 0.3) is 0 Å². The minimum atomic E-state index is -0.774. The van der Waals surface area contributed by atoms with Gasteiger partial charge >= 0.3 is 5.97 Å². The van der Waals surface area contributed by atoms with Gasteiger partial charge in [0.15, 0.2) is 0 Å². The van der Waals surface area contributed by atoms with E-state index in [2.05, 4.69) is 41.9 Å². The van der Waals surface area contributed by atoms with Crippen LogP contribution < -0.4 is 5.32 Å². The maximum atomic E-state index is 11.7. The van der Waals surface area contributed by atoms with Crippen LogP contribution >= 0.6 is 0 Å². The van der Waals surface area contributed by atoms with Gasteiger partial charge in [0.05, 0.1) is 11.7 Å². The van der Waals surface area contributed by atoms with Crippen LogP contribution in [0.3, 0.4) is 0 Å². The van der Waals surface area contributed by atoms with E-state index in [4.69, 9.17) is 0 Å². The second-order valence-corrected chi connectivity index (χ2v) is 5.99. The van der Waals surface area contributed by atoms with Gasteiger partial charge in [-0.25, -0.2) is 0 Å². The molecule has 1 aromatic rings. The fourth-order valence-electron chi connectivity index (χ4n) is 3.27. The molecule has 0 saturated heterocycles. The number of rotatable bonds is 7. The zero-order chi connectivity index (χ0) is 15.5. The second-order valence-electron chi connectivity index (χ2n) is 5.99. The van der Waals surface area contributed by atoms with E-state index >= 15 is 0 Å². The Bertz CT molecular complexity index is 498. The number of hydrogen-bond acceptors (Lipinski definition) is 3. The van der Waals surface area contributed by atoms with Crippen molar-refractivity contribution in [2.75, 3.05) is 6.54 Å². The summed E-state index contributed by atoms with van der Waals surface area (Å²) in [5, 5.41) is 17.6. The standard InChI is InChI=1S/C16H27N3O2/c1-4-9-17-16(15(20)21)8-7-14(11-16)19-13(6-3)10-12(5-2)18-19/h10,14,17H,4-9,11H2,1-3H3,(H,20,21). The van der Waals surface area contributed by atoms with Crippen molar-refractivity contribution in [2.24, 2.45) is 0 Å².